The highest BCUT2D eigenvalue weighted by atomic mass is 32.1. The van der Waals surface area contributed by atoms with Crippen molar-refractivity contribution in [3.63, 3.8) is 0 Å². The molecule has 1 atom stereocenters. The zero-order valence-electron chi connectivity index (χ0n) is 18.0. The second-order valence-corrected chi connectivity index (χ2v) is 8.67. The lowest BCUT2D eigenvalue weighted by atomic mass is 10.1. The van der Waals surface area contributed by atoms with Crippen LogP contribution >= 0.6 is 11.3 Å². The number of thiophene rings is 1. The molecule has 1 fully saturated rings. The molecule has 3 aromatic rings. The highest BCUT2D eigenvalue weighted by molar-refractivity contribution is 7.09. The van der Waals surface area contributed by atoms with Crippen LogP contribution in [0.1, 0.15) is 23.8 Å². The molecule has 7 nitrogen and oxygen atoms in total. The van der Waals surface area contributed by atoms with E-state index in [1.54, 1.807) is 12.1 Å². The Hall–Kier alpha value is -3.78. The van der Waals surface area contributed by atoms with Crippen molar-refractivity contribution in [1.29, 1.82) is 0 Å². The molecule has 1 saturated heterocycles. The maximum absolute atomic E-state index is 13.3. The first kappa shape index (κ1) is 22.4. The quantitative estimate of drug-likeness (QED) is 0.304. The van der Waals surface area contributed by atoms with Crippen molar-refractivity contribution >= 4 is 40.7 Å². The molecule has 0 aliphatic carbocycles. The van der Waals surface area contributed by atoms with Gasteiger partial charge >= 0.3 is 5.97 Å². The molecule has 1 aliphatic rings. The zero-order valence-corrected chi connectivity index (χ0v) is 18.8. The number of hydrogen-bond donors (Lipinski definition) is 0. The van der Waals surface area contributed by atoms with Crippen molar-refractivity contribution in [2.45, 2.75) is 32.4 Å². The van der Waals surface area contributed by atoms with Gasteiger partial charge in [-0.05, 0) is 41.3 Å². The maximum atomic E-state index is 13.3. The summed E-state index contributed by atoms with van der Waals surface area (Å²) >= 11 is 1.49. The first-order chi connectivity index (χ1) is 15.9. The van der Waals surface area contributed by atoms with Crippen LogP contribution < -0.4 is 9.64 Å². The van der Waals surface area contributed by atoms with E-state index in [1.807, 2.05) is 47.8 Å². The number of ether oxygens (including phenoxy) is 1. The minimum atomic E-state index is -0.885. The number of rotatable bonds is 7. The van der Waals surface area contributed by atoms with Crippen LogP contribution in [0, 0.1) is 0 Å². The maximum Gasteiger partial charge on any atom is 0.308 e. The smallest absolute Gasteiger partial charge is 0.308 e. The van der Waals surface area contributed by atoms with Crippen molar-refractivity contribution in [3.05, 3.63) is 82.6 Å². The standard InChI is InChI=1S/C25H22N2O5S/c1-17(28)32-20-11-9-19(10-12-20)27-24(30)15-22(25(27)31)26(16-21-8-5-13-33-21)23(29)14-18-6-3-2-4-7-18/h2-13,22H,14-16H2,1H3. The van der Waals surface area contributed by atoms with E-state index in [1.165, 1.54) is 35.3 Å². The fraction of sp³-hybridized carbons (Fsp3) is 0.200. The molecule has 168 valence electrons. The van der Waals surface area contributed by atoms with Gasteiger partial charge in [-0.25, -0.2) is 4.90 Å². The van der Waals surface area contributed by atoms with E-state index in [0.717, 1.165) is 15.3 Å². The van der Waals surface area contributed by atoms with Crippen molar-refractivity contribution in [3.8, 4) is 5.75 Å². The molecule has 1 aliphatic heterocycles. The third kappa shape index (κ3) is 5.18. The molecule has 33 heavy (non-hydrogen) atoms. The highest BCUT2D eigenvalue weighted by Crippen LogP contribution is 2.29. The summed E-state index contributed by atoms with van der Waals surface area (Å²) in [5.41, 5.74) is 1.21. The van der Waals surface area contributed by atoms with Gasteiger partial charge in [0.15, 0.2) is 0 Å². The third-order valence-electron chi connectivity index (χ3n) is 5.28. The van der Waals surface area contributed by atoms with E-state index >= 15 is 0 Å². The van der Waals surface area contributed by atoms with Crippen LogP contribution in [0.15, 0.2) is 72.1 Å². The van der Waals surface area contributed by atoms with E-state index < -0.39 is 17.9 Å². The molecule has 2 heterocycles. The van der Waals surface area contributed by atoms with Gasteiger partial charge in [0.05, 0.1) is 25.1 Å². The van der Waals surface area contributed by atoms with Crippen LogP contribution in [0.5, 0.6) is 5.75 Å². The molecular weight excluding hydrogens is 440 g/mol. The van der Waals surface area contributed by atoms with Crippen molar-refractivity contribution in [2.75, 3.05) is 4.90 Å². The lowest BCUT2D eigenvalue weighted by Gasteiger charge is -2.27. The Kier molecular flexibility index (Phi) is 6.65. The topological polar surface area (TPSA) is 84.0 Å². The monoisotopic (exact) mass is 462 g/mol. The van der Waals surface area contributed by atoms with Crippen molar-refractivity contribution < 1.29 is 23.9 Å². The summed E-state index contributed by atoms with van der Waals surface area (Å²) in [6.45, 7) is 1.55. The molecule has 4 rings (SSSR count). The van der Waals surface area contributed by atoms with Crippen molar-refractivity contribution in [1.82, 2.24) is 4.90 Å². The van der Waals surface area contributed by atoms with Gasteiger partial charge < -0.3 is 9.64 Å². The van der Waals surface area contributed by atoms with E-state index in [-0.39, 0.29) is 31.2 Å². The van der Waals surface area contributed by atoms with Crippen LogP contribution in [-0.4, -0.2) is 34.6 Å². The molecule has 2 aromatic carbocycles. The number of carbonyl (C=O) groups excluding carboxylic acids is 4. The zero-order chi connectivity index (χ0) is 23.4. The number of benzene rings is 2. The summed E-state index contributed by atoms with van der Waals surface area (Å²) in [4.78, 5) is 54.1. The largest absolute Gasteiger partial charge is 0.427 e. The van der Waals surface area contributed by atoms with Crippen LogP contribution in [0.4, 0.5) is 5.69 Å². The molecule has 0 spiro atoms. The fourth-order valence-corrected chi connectivity index (χ4v) is 4.48. The van der Waals surface area contributed by atoms with Crippen molar-refractivity contribution in [2.24, 2.45) is 0 Å². The number of nitrogens with zero attached hydrogens (tertiary/aromatic N) is 2. The molecule has 0 saturated carbocycles. The summed E-state index contributed by atoms with van der Waals surface area (Å²) in [7, 11) is 0. The summed E-state index contributed by atoms with van der Waals surface area (Å²) in [5, 5.41) is 1.91. The van der Waals surface area contributed by atoms with Gasteiger partial charge in [-0.1, -0.05) is 36.4 Å². The predicted molar refractivity (Wildman–Crippen MR) is 124 cm³/mol. The van der Waals surface area contributed by atoms with Gasteiger partial charge in [0.1, 0.15) is 11.8 Å². The highest BCUT2D eigenvalue weighted by Gasteiger charge is 2.44. The Balaban J connectivity index is 1.57. The first-order valence-corrected chi connectivity index (χ1v) is 11.3. The Morgan fingerprint density at radius 3 is 2.39 bits per heavy atom. The molecule has 1 unspecified atom stereocenters. The molecule has 0 radical (unpaired) electrons. The van der Waals surface area contributed by atoms with Crippen LogP contribution in [0.25, 0.3) is 0 Å². The van der Waals surface area contributed by atoms with Crippen LogP contribution in [0.2, 0.25) is 0 Å². The Bertz CT molecular complexity index is 1160. The number of amides is 3. The van der Waals surface area contributed by atoms with Crippen LogP contribution in [0.3, 0.4) is 0 Å². The van der Waals surface area contributed by atoms with Gasteiger partial charge in [-0.15, -0.1) is 11.3 Å². The van der Waals surface area contributed by atoms with E-state index in [4.69, 9.17) is 4.74 Å². The van der Waals surface area contributed by atoms with E-state index in [9.17, 15) is 19.2 Å². The second-order valence-electron chi connectivity index (χ2n) is 7.64. The SMILES string of the molecule is CC(=O)Oc1ccc(N2C(=O)CC(N(Cc3cccs3)C(=O)Cc3ccccc3)C2=O)cc1. The summed E-state index contributed by atoms with van der Waals surface area (Å²) < 4.78 is 5.01. The Morgan fingerprint density at radius 2 is 1.76 bits per heavy atom. The van der Waals surface area contributed by atoms with Gasteiger partial charge in [0, 0.05) is 11.8 Å². The number of carbonyl (C=O) groups is 4. The van der Waals surface area contributed by atoms with E-state index in [0.29, 0.717) is 11.4 Å². The number of imide groups is 1. The summed E-state index contributed by atoms with van der Waals surface area (Å²) in [6.07, 6.45) is 0.0533. The molecular formula is C25H22N2O5S. The minimum Gasteiger partial charge on any atom is -0.427 e. The molecule has 0 bridgehead atoms. The predicted octanol–water partition coefficient (Wildman–Crippen LogP) is 3.58. The molecule has 3 amide bonds. The molecule has 8 heteroatoms. The summed E-state index contributed by atoms with van der Waals surface area (Å²) in [5.74, 6) is -1.18. The summed E-state index contributed by atoms with van der Waals surface area (Å²) in [6, 6.07) is 18.4. The number of esters is 1. The molecule has 0 N–H and O–H groups in total. The minimum absolute atomic E-state index is 0.0869. The fourth-order valence-electron chi connectivity index (χ4n) is 3.77. The van der Waals surface area contributed by atoms with Gasteiger partial charge in [0.2, 0.25) is 11.8 Å². The third-order valence-corrected chi connectivity index (χ3v) is 6.14. The van der Waals surface area contributed by atoms with Gasteiger partial charge in [0.25, 0.3) is 5.91 Å². The van der Waals surface area contributed by atoms with E-state index in [2.05, 4.69) is 0 Å². The Morgan fingerprint density at radius 1 is 1.03 bits per heavy atom. The lowest BCUT2D eigenvalue weighted by Crippen LogP contribution is -2.45. The number of hydrogen-bond acceptors (Lipinski definition) is 6. The average Bonchev–Trinajstić information content (AvgIpc) is 3.40. The first-order valence-electron chi connectivity index (χ1n) is 10.4. The second kappa shape index (κ2) is 9.79. The average molecular weight is 463 g/mol. The van der Waals surface area contributed by atoms with Gasteiger partial charge in [-0.3, -0.25) is 19.2 Å². The van der Waals surface area contributed by atoms with Gasteiger partial charge in [-0.2, -0.15) is 0 Å². The normalized spacial score (nSPS) is 15.5. The number of anilines is 1. The molecule has 1 aromatic heterocycles. The lowest BCUT2D eigenvalue weighted by molar-refractivity contribution is -0.138. The Labute approximate surface area is 195 Å². The van der Waals surface area contributed by atoms with Crippen LogP contribution in [-0.2, 0) is 32.1 Å².